The highest BCUT2D eigenvalue weighted by Crippen LogP contribution is 2.05. The Bertz CT molecular complexity index is 544. The van der Waals surface area contributed by atoms with E-state index in [1.165, 1.54) is 0 Å². The smallest absolute Gasteiger partial charge is 0.194 e. The first-order valence-corrected chi connectivity index (χ1v) is 7.69. The summed E-state index contributed by atoms with van der Waals surface area (Å²) < 4.78 is 10.8. The van der Waals surface area contributed by atoms with Gasteiger partial charge in [-0.25, -0.2) is 0 Å². The van der Waals surface area contributed by atoms with Crippen molar-refractivity contribution in [2.24, 2.45) is 10.9 Å². The molecule has 0 atom stereocenters. The van der Waals surface area contributed by atoms with Crippen LogP contribution in [0.3, 0.4) is 0 Å². The monoisotopic (exact) mass is 303 g/mol. The summed E-state index contributed by atoms with van der Waals surface area (Å²) in [5.74, 6) is 3.31. The maximum absolute atomic E-state index is 5.40. The van der Waals surface area contributed by atoms with Crippen LogP contribution in [0.5, 0.6) is 0 Å². The van der Waals surface area contributed by atoms with Gasteiger partial charge in [-0.05, 0) is 30.2 Å². The fraction of sp³-hybridized carbons (Fsp3) is 0.471. The number of nitrogens with one attached hydrogen (secondary N) is 1. The number of furan rings is 2. The zero-order valence-corrected chi connectivity index (χ0v) is 13.6. The fourth-order valence-corrected chi connectivity index (χ4v) is 2.04. The van der Waals surface area contributed by atoms with Crippen molar-refractivity contribution in [2.45, 2.75) is 26.8 Å². The molecule has 0 amide bonds. The Balaban J connectivity index is 1.90. The molecule has 0 aliphatic carbocycles. The van der Waals surface area contributed by atoms with Gasteiger partial charge in [-0.15, -0.1) is 0 Å². The van der Waals surface area contributed by atoms with Crippen LogP contribution in [-0.4, -0.2) is 31.0 Å². The molecular formula is C17H25N3O2. The summed E-state index contributed by atoms with van der Waals surface area (Å²) in [5, 5.41) is 3.40. The Labute approximate surface area is 132 Å². The van der Waals surface area contributed by atoms with E-state index >= 15 is 0 Å². The molecular weight excluding hydrogens is 278 g/mol. The first-order chi connectivity index (χ1) is 10.6. The minimum atomic E-state index is 0.527. The van der Waals surface area contributed by atoms with E-state index in [9.17, 15) is 0 Å². The maximum atomic E-state index is 5.40. The summed E-state index contributed by atoms with van der Waals surface area (Å²) in [6, 6.07) is 7.77. The van der Waals surface area contributed by atoms with E-state index in [0.717, 1.165) is 37.0 Å². The topological polar surface area (TPSA) is 53.9 Å². The van der Waals surface area contributed by atoms with Gasteiger partial charge < -0.3 is 19.1 Å². The SMILES string of the molecule is CC(C)CN=C(NCCc1ccco1)N(C)Cc1ccco1. The van der Waals surface area contributed by atoms with Gasteiger partial charge in [0.2, 0.25) is 0 Å². The van der Waals surface area contributed by atoms with Gasteiger partial charge in [0.05, 0.1) is 19.1 Å². The second-order valence-corrected chi connectivity index (χ2v) is 5.75. The Morgan fingerprint density at radius 3 is 2.45 bits per heavy atom. The van der Waals surface area contributed by atoms with E-state index in [1.54, 1.807) is 12.5 Å². The largest absolute Gasteiger partial charge is 0.469 e. The van der Waals surface area contributed by atoms with Crippen molar-refractivity contribution in [2.75, 3.05) is 20.1 Å². The molecule has 5 heteroatoms. The van der Waals surface area contributed by atoms with Crippen LogP contribution >= 0.6 is 0 Å². The average Bonchev–Trinajstić information content (AvgIpc) is 3.15. The highest BCUT2D eigenvalue weighted by molar-refractivity contribution is 5.79. The lowest BCUT2D eigenvalue weighted by Crippen LogP contribution is -2.39. The minimum absolute atomic E-state index is 0.527. The average molecular weight is 303 g/mol. The van der Waals surface area contributed by atoms with Gasteiger partial charge in [0.25, 0.3) is 0 Å². The minimum Gasteiger partial charge on any atom is -0.469 e. The summed E-state index contributed by atoms with van der Waals surface area (Å²) in [6.07, 6.45) is 4.23. The van der Waals surface area contributed by atoms with Crippen molar-refractivity contribution in [1.29, 1.82) is 0 Å². The number of hydrogen-bond donors (Lipinski definition) is 1. The molecule has 0 bridgehead atoms. The molecule has 0 saturated heterocycles. The normalized spacial score (nSPS) is 11.9. The second kappa shape index (κ2) is 8.32. The molecule has 0 aliphatic heterocycles. The van der Waals surface area contributed by atoms with E-state index in [4.69, 9.17) is 8.83 Å². The lowest BCUT2D eigenvalue weighted by Gasteiger charge is -2.21. The molecule has 1 N–H and O–H groups in total. The molecule has 0 aliphatic rings. The third-order valence-electron chi connectivity index (χ3n) is 3.18. The van der Waals surface area contributed by atoms with Crippen LogP contribution in [0.15, 0.2) is 50.6 Å². The molecule has 22 heavy (non-hydrogen) atoms. The molecule has 0 spiro atoms. The molecule has 0 aromatic carbocycles. The van der Waals surface area contributed by atoms with E-state index in [2.05, 4.69) is 29.1 Å². The third-order valence-corrected chi connectivity index (χ3v) is 3.18. The molecule has 120 valence electrons. The van der Waals surface area contributed by atoms with Crippen LogP contribution in [0.1, 0.15) is 25.4 Å². The number of hydrogen-bond acceptors (Lipinski definition) is 3. The van der Waals surface area contributed by atoms with Crippen LogP contribution in [0.2, 0.25) is 0 Å². The Kier molecular flexibility index (Phi) is 6.13. The summed E-state index contributed by atoms with van der Waals surface area (Å²) >= 11 is 0. The van der Waals surface area contributed by atoms with E-state index in [1.807, 2.05) is 31.3 Å². The van der Waals surface area contributed by atoms with Crippen LogP contribution in [-0.2, 0) is 13.0 Å². The van der Waals surface area contributed by atoms with Gasteiger partial charge in [-0.1, -0.05) is 13.8 Å². The molecule has 0 saturated carbocycles. The zero-order valence-electron chi connectivity index (χ0n) is 13.6. The number of nitrogens with zero attached hydrogens (tertiary/aromatic N) is 2. The van der Waals surface area contributed by atoms with Crippen molar-refractivity contribution in [3.63, 3.8) is 0 Å². The lowest BCUT2D eigenvalue weighted by atomic mass is 10.2. The van der Waals surface area contributed by atoms with Crippen molar-refractivity contribution in [3.8, 4) is 0 Å². The number of rotatable bonds is 7. The molecule has 2 heterocycles. The maximum Gasteiger partial charge on any atom is 0.194 e. The first kappa shape index (κ1) is 16.2. The van der Waals surface area contributed by atoms with Gasteiger partial charge in [0.15, 0.2) is 5.96 Å². The van der Waals surface area contributed by atoms with Crippen molar-refractivity contribution < 1.29 is 8.83 Å². The molecule has 2 aromatic rings. The Morgan fingerprint density at radius 1 is 1.18 bits per heavy atom. The van der Waals surface area contributed by atoms with Crippen molar-refractivity contribution >= 4 is 5.96 Å². The second-order valence-electron chi connectivity index (χ2n) is 5.75. The lowest BCUT2D eigenvalue weighted by molar-refractivity contribution is 0.398. The quantitative estimate of drug-likeness (QED) is 0.630. The molecule has 5 nitrogen and oxygen atoms in total. The number of guanidine groups is 1. The van der Waals surface area contributed by atoms with Gasteiger partial charge >= 0.3 is 0 Å². The van der Waals surface area contributed by atoms with Gasteiger partial charge in [0.1, 0.15) is 11.5 Å². The first-order valence-electron chi connectivity index (χ1n) is 7.69. The van der Waals surface area contributed by atoms with E-state index < -0.39 is 0 Å². The van der Waals surface area contributed by atoms with Gasteiger partial charge in [-0.2, -0.15) is 0 Å². The van der Waals surface area contributed by atoms with E-state index in [-0.39, 0.29) is 0 Å². The number of aliphatic imine (C=N–C) groups is 1. The summed E-state index contributed by atoms with van der Waals surface area (Å²) in [6.45, 7) is 6.60. The molecule has 0 fully saturated rings. The van der Waals surface area contributed by atoms with Crippen LogP contribution in [0.25, 0.3) is 0 Å². The Morgan fingerprint density at radius 2 is 1.86 bits per heavy atom. The summed E-state index contributed by atoms with van der Waals surface area (Å²) in [4.78, 5) is 6.75. The Hall–Kier alpha value is -2.17. The highest BCUT2D eigenvalue weighted by Gasteiger charge is 2.09. The summed E-state index contributed by atoms with van der Waals surface area (Å²) in [7, 11) is 2.02. The zero-order chi connectivity index (χ0) is 15.8. The fourth-order valence-electron chi connectivity index (χ4n) is 2.04. The van der Waals surface area contributed by atoms with Gasteiger partial charge in [-0.3, -0.25) is 4.99 Å². The molecule has 0 radical (unpaired) electrons. The summed E-state index contributed by atoms with van der Waals surface area (Å²) in [5.41, 5.74) is 0. The van der Waals surface area contributed by atoms with Crippen LogP contribution in [0.4, 0.5) is 0 Å². The van der Waals surface area contributed by atoms with Gasteiger partial charge in [0, 0.05) is 26.6 Å². The van der Waals surface area contributed by atoms with Crippen molar-refractivity contribution in [1.82, 2.24) is 10.2 Å². The standard InChI is InChI=1S/C17H25N3O2/c1-14(2)12-19-17(18-9-8-15-6-4-10-21-15)20(3)13-16-7-5-11-22-16/h4-7,10-11,14H,8-9,12-13H2,1-3H3,(H,18,19). The predicted molar refractivity (Wildman–Crippen MR) is 87.7 cm³/mol. The highest BCUT2D eigenvalue weighted by atomic mass is 16.3. The molecule has 0 unspecified atom stereocenters. The van der Waals surface area contributed by atoms with E-state index in [0.29, 0.717) is 12.5 Å². The third kappa shape index (κ3) is 5.31. The molecule has 2 rings (SSSR count). The van der Waals surface area contributed by atoms with Crippen molar-refractivity contribution in [3.05, 3.63) is 48.3 Å². The van der Waals surface area contributed by atoms with Crippen LogP contribution in [0, 0.1) is 5.92 Å². The van der Waals surface area contributed by atoms with Crippen LogP contribution < -0.4 is 5.32 Å². The molecule has 2 aromatic heterocycles. The predicted octanol–water partition coefficient (Wildman–Crippen LogP) is 3.15.